The molecule has 5 nitrogen and oxygen atoms in total. The maximum Gasteiger partial charge on any atom is 0.338 e. The summed E-state index contributed by atoms with van der Waals surface area (Å²) in [5.41, 5.74) is 2.30. The van der Waals surface area contributed by atoms with Crippen molar-refractivity contribution in [2.24, 2.45) is 0 Å². The summed E-state index contributed by atoms with van der Waals surface area (Å²) in [5, 5.41) is 0. The summed E-state index contributed by atoms with van der Waals surface area (Å²) in [6.45, 7) is 3.59. The molecule has 0 aliphatic heterocycles. The number of ether oxygens (including phenoxy) is 1. The fourth-order valence-electron chi connectivity index (χ4n) is 2.02. The van der Waals surface area contributed by atoms with Crippen LogP contribution in [0.4, 0.5) is 5.69 Å². The lowest BCUT2D eigenvalue weighted by atomic mass is 10.1. The normalized spacial score (nSPS) is 11.0. The summed E-state index contributed by atoms with van der Waals surface area (Å²) in [6.07, 6.45) is 0. The molecule has 0 spiro atoms. The third-order valence-electron chi connectivity index (χ3n) is 3.19. The molecule has 116 valence electrons. The summed E-state index contributed by atoms with van der Waals surface area (Å²) >= 11 is 0. The zero-order chi connectivity index (χ0) is 16.3. The van der Waals surface area contributed by atoms with Gasteiger partial charge in [-0.1, -0.05) is 18.2 Å². The quantitative estimate of drug-likeness (QED) is 0.880. The molecular weight excluding hydrogens is 302 g/mol. The molecule has 1 N–H and O–H groups in total. The number of nitrogens with one attached hydrogen (secondary N) is 1. The lowest BCUT2D eigenvalue weighted by Gasteiger charge is -2.11. The molecule has 0 amide bonds. The van der Waals surface area contributed by atoms with Gasteiger partial charge < -0.3 is 4.74 Å². The smallest absolute Gasteiger partial charge is 0.338 e. The highest BCUT2D eigenvalue weighted by Gasteiger charge is 2.18. The van der Waals surface area contributed by atoms with Crippen LogP contribution in [-0.2, 0) is 14.8 Å². The van der Waals surface area contributed by atoms with Crippen molar-refractivity contribution < 1.29 is 17.9 Å². The standard InChI is InChI=1S/C16H17NO4S/c1-11-5-4-6-13(9-11)17-22(19,20)14-8-7-12(2)15(10-14)16(18)21-3/h4-10,17H,1-3H3. The van der Waals surface area contributed by atoms with E-state index in [1.807, 2.05) is 13.0 Å². The maximum absolute atomic E-state index is 12.4. The summed E-state index contributed by atoms with van der Waals surface area (Å²) in [5.74, 6) is -0.565. The van der Waals surface area contributed by atoms with Gasteiger partial charge in [0.25, 0.3) is 10.0 Å². The van der Waals surface area contributed by atoms with Gasteiger partial charge in [0.1, 0.15) is 0 Å². The van der Waals surface area contributed by atoms with Gasteiger partial charge in [-0.25, -0.2) is 13.2 Å². The van der Waals surface area contributed by atoms with Crippen LogP contribution in [0.25, 0.3) is 0 Å². The van der Waals surface area contributed by atoms with Crippen molar-refractivity contribution in [2.75, 3.05) is 11.8 Å². The molecule has 0 unspecified atom stereocenters. The fourth-order valence-corrected chi connectivity index (χ4v) is 3.10. The molecule has 0 aliphatic carbocycles. The lowest BCUT2D eigenvalue weighted by Crippen LogP contribution is -2.14. The Bertz CT molecular complexity index is 813. The minimum absolute atomic E-state index is 0.0139. The molecule has 0 fully saturated rings. The van der Waals surface area contributed by atoms with Crippen LogP contribution in [-0.4, -0.2) is 21.5 Å². The van der Waals surface area contributed by atoms with Crippen LogP contribution in [0, 0.1) is 13.8 Å². The first-order chi connectivity index (χ1) is 10.3. The minimum Gasteiger partial charge on any atom is -0.465 e. The molecule has 2 rings (SSSR count). The van der Waals surface area contributed by atoms with Crippen LogP contribution >= 0.6 is 0 Å². The average Bonchev–Trinajstić information content (AvgIpc) is 2.46. The number of anilines is 1. The van der Waals surface area contributed by atoms with E-state index in [9.17, 15) is 13.2 Å². The lowest BCUT2D eigenvalue weighted by molar-refractivity contribution is 0.0599. The largest absolute Gasteiger partial charge is 0.465 e. The van der Waals surface area contributed by atoms with Crippen molar-refractivity contribution in [1.29, 1.82) is 0 Å². The van der Waals surface area contributed by atoms with Crippen LogP contribution < -0.4 is 4.72 Å². The molecule has 0 bridgehead atoms. The van der Waals surface area contributed by atoms with Crippen LogP contribution in [0.1, 0.15) is 21.5 Å². The van der Waals surface area contributed by atoms with Crippen molar-refractivity contribution in [2.45, 2.75) is 18.7 Å². The van der Waals surface area contributed by atoms with Gasteiger partial charge in [0.15, 0.2) is 0 Å². The zero-order valence-corrected chi connectivity index (χ0v) is 13.4. The Hall–Kier alpha value is -2.34. The van der Waals surface area contributed by atoms with Gasteiger partial charge in [0.05, 0.1) is 17.6 Å². The van der Waals surface area contributed by atoms with E-state index in [2.05, 4.69) is 9.46 Å². The van der Waals surface area contributed by atoms with Crippen molar-refractivity contribution in [1.82, 2.24) is 0 Å². The first-order valence-electron chi connectivity index (χ1n) is 6.62. The molecule has 0 aromatic heterocycles. The van der Waals surface area contributed by atoms with Crippen molar-refractivity contribution in [3.05, 3.63) is 59.2 Å². The van der Waals surface area contributed by atoms with Gasteiger partial charge in [0, 0.05) is 5.69 Å². The van der Waals surface area contributed by atoms with Gasteiger partial charge in [-0.2, -0.15) is 0 Å². The molecule has 2 aromatic carbocycles. The van der Waals surface area contributed by atoms with E-state index in [1.54, 1.807) is 31.2 Å². The predicted molar refractivity (Wildman–Crippen MR) is 84.5 cm³/mol. The Kier molecular flexibility index (Phi) is 4.51. The number of benzene rings is 2. The summed E-state index contributed by atoms with van der Waals surface area (Å²) in [7, 11) is -2.51. The van der Waals surface area contributed by atoms with E-state index in [1.165, 1.54) is 19.2 Å². The summed E-state index contributed by atoms with van der Waals surface area (Å²) in [6, 6.07) is 11.4. The molecule has 2 aromatic rings. The monoisotopic (exact) mass is 319 g/mol. The second kappa shape index (κ2) is 6.19. The molecule has 0 heterocycles. The highest BCUT2D eigenvalue weighted by atomic mass is 32.2. The van der Waals surface area contributed by atoms with Crippen molar-refractivity contribution in [3.63, 3.8) is 0 Å². The Balaban J connectivity index is 2.39. The minimum atomic E-state index is -3.77. The number of sulfonamides is 1. The van der Waals surface area contributed by atoms with E-state index in [4.69, 9.17) is 0 Å². The number of methoxy groups -OCH3 is 1. The Morgan fingerprint density at radius 3 is 2.45 bits per heavy atom. The molecule has 0 saturated carbocycles. The molecule has 0 aliphatic rings. The van der Waals surface area contributed by atoms with Gasteiger partial charge >= 0.3 is 5.97 Å². The van der Waals surface area contributed by atoms with Crippen LogP contribution in [0.5, 0.6) is 0 Å². The second-order valence-corrected chi connectivity index (χ2v) is 6.63. The molecule has 22 heavy (non-hydrogen) atoms. The maximum atomic E-state index is 12.4. The topological polar surface area (TPSA) is 72.5 Å². The van der Waals surface area contributed by atoms with Gasteiger partial charge in [-0.15, -0.1) is 0 Å². The number of hydrogen-bond donors (Lipinski definition) is 1. The SMILES string of the molecule is COC(=O)c1cc(S(=O)(=O)Nc2cccc(C)c2)ccc1C. The van der Waals surface area contributed by atoms with Gasteiger partial charge in [-0.05, 0) is 49.2 Å². The number of hydrogen-bond acceptors (Lipinski definition) is 4. The highest BCUT2D eigenvalue weighted by Crippen LogP contribution is 2.20. The number of carbonyl (C=O) groups is 1. The number of aryl methyl sites for hydroxylation is 2. The molecule has 0 atom stereocenters. The zero-order valence-electron chi connectivity index (χ0n) is 12.6. The predicted octanol–water partition coefficient (Wildman–Crippen LogP) is 2.89. The van der Waals surface area contributed by atoms with E-state index >= 15 is 0 Å². The van der Waals surface area contributed by atoms with E-state index in [0.717, 1.165) is 5.56 Å². The molecular formula is C16H17NO4S. The molecule has 6 heteroatoms. The van der Waals surface area contributed by atoms with E-state index in [-0.39, 0.29) is 10.5 Å². The Labute approximate surface area is 130 Å². The third kappa shape index (κ3) is 3.46. The summed E-state index contributed by atoms with van der Waals surface area (Å²) in [4.78, 5) is 11.7. The second-order valence-electron chi connectivity index (χ2n) is 4.94. The summed E-state index contributed by atoms with van der Waals surface area (Å²) < 4.78 is 32.0. The molecule has 0 radical (unpaired) electrons. The first kappa shape index (κ1) is 16.0. The van der Waals surface area contributed by atoms with Crippen molar-refractivity contribution in [3.8, 4) is 0 Å². The number of esters is 1. The highest BCUT2D eigenvalue weighted by molar-refractivity contribution is 7.92. The van der Waals surface area contributed by atoms with Crippen LogP contribution in [0.15, 0.2) is 47.4 Å². The average molecular weight is 319 g/mol. The van der Waals surface area contributed by atoms with E-state index < -0.39 is 16.0 Å². The first-order valence-corrected chi connectivity index (χ1v) is 8.10. The van der Waals surface area contributed by atoms with Gasteiger partial charge in [0.2, 0.25) is 0 Å². The van der Waals surface area contributed by atoms with Gasteiger partial charge in [-0.3, -0.25) is 4.72 Å². The molecule has 0 saturated heterocycles. The van der Waals surface area contributed by atoms with Crippen LogP contribution in [0.2, 0.25) is 0 Å². The Morgan fingerprint density at radius 1 is 1.09 bits per heavy atom. The van der Waals surface area contributed by atoms with Crippen molar-refractivity contribution >= 4 is 21.7 Å². The fraction of sp³-hybridized carbons (Fsp3) is 0.188. The van der Waals surface area contributed by atoms with E-state index in [0.29, 0.717) is 11.3 Å². The van der Waals surface area contributed by atoms with Crippen LogP contribution in [0.3, 0.4) is 0 Å². The third-order valence-corrected chi connectivity index (χ3v) is 4.57. The Morgan fingerprint density at radius 2 is 1.82 bits per heavy atom. The number of carbonyl (C=O) groups excluding carboxylic acids is 1. The number of rotatable bonds is 4.